The molecule has 1 aliphatic heterocycles. The maximum Gasteiger partial charge on any atom is 0.249 e. The average Bonchev–Trinajstić information content (AvgIpc) is 3.25. The normalized spacial score (nSPS) is 18.5. The van der Waals surface area contributed by atoms with Crippen molar-refractivity contribution in [1.82, 2.24) is 19.7 Å². The van der Waals surface area contributed by atoms with Gasteiger partial charge in [0, 0.05) is 30.6 Å². The molecule has 1 aromatic carbocycles. The highest BCUT2D eigenvalue weighted by Gasteiger charge is 2.27. The molecule has 8 nitrogen and oxygen atoms in total. The zero-order valence-corrected chi connectivity index (χ0v) is 18.0. The quantitative estimate of drug-likeness (QED) is 0.666. The molecule has 0 unspecified atom stereocenters. The van der Waals surface area contributed by atoms with Crippen LogP contribution in [-0.4, -0.2) is 51.2 Å². The monoisotopic (exact) mass is 433 g/mol. The van der Waals surface area contributed by atoms with Gasteiger partial charge in [0.15, 0.2) is 0 Å². The van der Waals surface area contributed by atoms with Crippen molar-refractivity contribution >= 4 is 22.7 Å². The largest absolute Gasteiger partial charge is 0.368 e. The van der Waals surface area contributed by atoms with Crippen molar-refractivity contribution in [2.24, 2.45) is 5.73 Å². The zero-order valence-electron chi connectivity index (χ0n) is 18.0. The number of pyridine rings is 1. The Morgan fingerprint density at radius 3 is 2.91 bits per heavy atom. The summed E-state index contributed by atoms with van der Waals surface area (Å²) in [5.41, 5.74) is 9.94. The average molecular weight is 434 g/mol. The molecule has 8 heteroatoms. The second kappa shape index (κ2) is 8.70. The highest BCUT2D eigenvalue weighted by Crippen LogP contribution is 2.26. The van der Waals surface area contributed by atoms with Crippen LogP contribution >= 0.6 is 0 Å². The van der Waals surface area contributed by atoms with Crippen LogP contribution in [-0.2, 0) is 28.9 Å². The van der Waals surface area contributed by atoms with Crippen LogP contribution in [0.2, 0.25) is 0 Å². The minimum Gasteiger partial charge on any atom is -0.368 e. The van der Waals surface area contributed by atoms with E-state index in [0.29, 0.717) is 49.4 Å². The summed E-state index contributed by atoms with van der Waals surface area (Å²) in [5.74, 6) is -0.426. The van der Waals surface area contributed by atoms with Gasteiger partial charge in [0.1, 0.15) is 6.10 Å². The first-order valence-electron chi connectivity index (χ1n) is 11.2. The smallest absolute Gasteiger partial charge is 0.249 e. The topological polar surface area (TPSA) is 103 Å². The lowest BCUT2D eigenvalue weighted by atomic mass is 9.98. The van der Waals surface area contributed by atoms with Crippen molar-refractivity contribution in [1.29, 1.82) is 0 Å². The number of primary amides is 1. The molecule has 0 saturated carbocycles. The molecule has 0 bridgehead atoms. The number of carbonyl (C=O) groups excluding carboxylic acids is 2. The molecule has 2 N–H and O–H groups in total. The van der Waals surface area contributed by atoms with E-state index in [2.05, 4.69) is 10.1 Å². The number of hydrogen-bond acceptors (Lipinski definition) is 5. The minimum absolute atomic E-state index is 0.0780. The Bertz CT molecular complexity index is 1170. The number of carbonyl (C=O) groups is 2. The van der Waals surface area contributed by atoms with Gasteiger partial charge in [-0.1, -0.05) is 18.2 Å². The number of hydrogen-bond donors (Lipinski definition) is 1. The van der Waals surface area contributed by atoms with Crippen LogP contribution < -0.4 is 5.73 Å². The standard InChI is InChI=1S/C24H27N5O3/c25-24(31)18-13-20(27-19-7-3-2-6-17(18)19)22-15-28(11-12-32-22)23(30)9-10-29-21-8-4-1-5-16(21)14-26-29/h2-3,6-7,13-14,22H,1,4-5,8-12,15H2,(H2,25,31)/t22-/m1/s1. The van der Waals surface area contributed by atoms with Crippen molar-refractivity contribution in [2.75, 3.05) is 19.7 Å². The molecule has 1 fully saturated rings. The number of benzene rings is 1. The predicted molar refractivity (Wildman–Crippen MR) is 119 cm³/mol. The van der Waals surface area contributed by atoms with Crippen LogP contribution in [0.25, 0.3) is 10.9 Å². The molecule has 0 radical (unpaired) electrons. The summed E-state index contributed by atoms with van der Waals surface area (Å²) in [7, 11) is 0. The third-order valence-electron chi connectivity index (χ3n) is 6.43. The SMILES string of the molecule is NC(=O)c1cc([C@H]2CN(C(=O)CCn3ncc4c3CCCC4)CCO2)nc2ccccc12. The first-order chi connectivity index (χ1) is 15.6. The number of nitrogens with zero attached hydrogens (tertiary/aromatic N) is 4. The summed E-state index contributed by atoms with van der Waals surface area (Å²) in [6.07, 6.45) is 6.48. The summed E-state index contributed by atoms with van der Waals surface area (Å²) < 4.78 is 7.92. The second-order valence-corrected chi connectivity index (χ2v) is 8.47. The number of rotatable bonds is 5. The molecule has 3 aromatic rings. The van der Waals surface area contributed by atoms with Gasteiger partial charge in [0.2, 0.25) is 11.8 Å². The Morgan fingerprint density at radius 2 is 2.03 bits per heavy atom. The Morgan fingerprint density at radius 1 is 1.19 bits per heavy atom. The molecule has 1 atom stereocenters. The van der Waals surface area contributed by atoms with Crippen molar-refractivity contribution in [2.45, 2.75) is 44.8 Å². The van der Waals surface area contributed by atoms with Crippen LogP contribution in [0, 0.1) is 0 Å². The Labute approximate surface area is 186 Å². The number of amides is 2. The van der Waals surface area contributed by atoms with Crippen LogP contribution in [0.4, 0.5) is 0 Å². The molecule has 1 saturated heterocycles. The molecule has 5 rings (SSSR count). The molecule has 166 valence electrons. The van der Waals surface area contributed by atoms with Gasteiger partial charge in [-0.15, -0.1) is 0 Å². The number of aryl methyl sites for hydroxylation is 2. The number of para-hydroxylation sites is 1. The van der Waals surface area contributed by atoms with Gasteiger partial charge in [-0.3, -0.25) is 14.3 Å². The zero-order chi connectivity index (χ0) is 22.1. The molecule has 32 heavy (non-hydrogen) atoms. The lowest BCUT2D eigenvalue weighted by Crippen LogP contribution is -2.42. The van der Waals surface area contributed by atoms with E-state index >= 15 is 0 Å². The number of morpholine rings is 1. The van der Waals surface area contributed by atoms with Gasteiger partial charge < -0.3 is 15.4 Å². The molecule has 0 spiro atoms. The van der Waals surface area contributed by atoms with E-state index in [1.165, 1.54) is 24.1 Å². The summed E-state index contributed by atoms with van der Waals surface area (Å²) in [4.78, 5) is 31.5. The van der Waals surface area contributed by atoms with E-state index < -0.39 is 12.0 Å². The van der Waals surface area contributed by atoms with Crippen LogP contribution in [0.3, 0.4) is 0 Å². The highest BCUT2D eigenvalue weighted by atomic mass is 16.5. The lowest BCUT2D eigenvalue weighted by Gasteiger charge is -2.33. The highest BCUT2D eigenvalue weighted by molar-refractivity contribution is 6.05. The van der Waals surface area contributed by atoms with E-state index in [-0.39, 0.29) is 5.91 Å². The van der Waals surface area contributed by atoms with E-state index in [1.54, 1.807) is 6.07 Å². The van der Waals surface area contributed by atoms with E-state index in [0.717, 1.165) is 18.2 Å². The van der Waals surface area contributed by atoms with E-state index in [4.69, 9.17) is 10.5 Å². The Kier molecular flexibility index (Phi) is 5.61. The Hall–Kier alpha value is -3.26. The summed E-state index contributed by atoms with van der Waals surface area (Å²) in [6, 6.07) is 9.10. The third kappa shape index (κ3) is 3.98. The predicted octanol–water partition coefficient (Wildman–Crippen LogP) is 2.40. The molecule has 1 aliphatic carbocycles. The number of ether oxygens (including phenoxy) is 1. The summed E-state index contributed by atoms with van der Waals surface area (Å²) >= 11 is 0. The van der Waals surface area contributed by atoms with Crippen molar-refractivity contribution in [3.63, 3.8) is 0 Å². The fourth-order valence-electron chi connectivity index (χ4n) is 4.73. The molecule has 2 aliphatic rings. The number of fused-ring (bicyclic) bond motifs is 2. The first-order valence-corrected chi connectivity index (χ1v) is 11.2. The number of nitrogens with two attached hydrogens (primary N) is 1. The first kappa shape index (κ1) is 20.6. The summed E-state index contributed by atoms with van der Waals surface area (Å²) in [6.45, 7) is 1.96. The fourth-order valence-corrected chi connectivity index (χ4v) is 4.73. The van der Waals surface area contributed by atoms with Crippen LogP contribution in [0.1, 0.15) is 52.7 Å². The lowest BCUT2D eigenvalue weighted by molar-refractivity contribution is -0.139. The maximum absolute atomic E-state index is 13.0. The van der Waals surface area contributed by atoms with Crippen molar-refractivity contribution in [3.05, 3.63) is 59.0 Å². The van der Waals surface area contributed by atoms with Crippen molar-refractivity contribution < 1.29 is 14.3 Å². The van der Waals surface area contributed by atoms with Crippen LogP contribution in [0.15, 0.2) is 36.5 Å². The molecule has 3 heterocycles. The van der Waals surface area contributed by atoms with Crippen molar-refractivity contribution in [3.8, 4) is 0 Å². The van der Waals surface area contributed by atoms with Gasteiger partial charge in [0.25, 0.3) is 0 Å². The Balaban J connectivity index is 1.30. The van der Waals surface area contributed by atoms with Gasteiger partial charge >= 0.3 is 0 Å². The van der Waals surface area contributed by atoms with E-state index in [9.17, 15) is 9.59 Å². The summed E-state index contributed by atoms with van der Waals surface area (Å²) in [5, 5.41) is 5.22. The van der Waals surface area contributed by atoms with Gasteiger partial charge in [-0.05, 0) is 43.4 Å². The maximum atomic E-state index is 13.0. The molecule has 2 aromatic heterocycles. The third-order valence-corrected chi connectivity index (χ3v) is 6.43. The molecular weight excluding hydrogens is 406 g/mol. The second-order valence-electron chi connectivity index (χ2n) is 8.47. The molecular formula is C24H27N5O3. The van der Waals surface area contributed by atoms with Gasteiger partial charge in [-0.25, -0.2) is 4.98 Å². The number of aromatic nitrogens is 3. The van der Waals surface area contributed by atoms with Gasteiger partial charge in [0.05, 0.1) is 36.1 Å². The molecule has 2 amide bonds. The van der Waals surface area contributed by atoms with E-state index in [1.807, 2.05) is 40.0 Å². The minimum atomic E-state index is -0.504. The fraction of sp³-hybridized carbons (Fsp3) is 0.417. The van der Waals surface area contributed by atoms with Crippen LogP contribution in [0.5, 0.6) is 0 Å². The van der Waals surface area contributed by atoms with Gasteiger partial charge in [-0.2, -0.15) is 5.10 Å².